The van der Waals surface area contributed by atoms with Gasteiger partial charge in [-0.05, 0) is 42.9 Å². The summed E-state index contributed by atoms with van der Waals surface area (Å²) in [5.41, 5.74) is 6.84. The molecule has 2 amide bonds. The van der Waals surface area contributed by atoms with Crippen molar-refractivity contribution in [3.8, 4) is 0 Å². The number of hydrogen-bond donors (Lipinski definition) is 1. The van der Waals surface area contributed by atoms with Gasteiger partial charge in [0.1, 0.15) is 18.6 Å². The second-order valence-corrected chi connectivity index (χ2v) is 7.24. The number of primary amides is 1. The number of carbonyl (C=O) groups excluding carboxylic acids is 4. The number of nitrogens with two attached hydrogens (primary N) is 1. The number of anilines is 1. The predicted octanol–water partition coefficient (Wildman–Crippen LogP) is 0.649. The van der Waals surface area contributed by atoms with Crippen LogP contribution in [0.15, 0.2) is 18.2 Å². The number of amides is 2. The fourth-order valence-electron chi connectivity index (χ4n) is 3.88. The predicted molar refractivity (Wildman–Crippen MR) is 97.7 cm³/mol. The molecule has 1 aliphatic carbocycles. The summed E-state index contributed by atoms with van der Waals surface area (Å²) >= 11 is 0. The third-order valence-corrected chi connectivity index (χ3v) is 5.60. The van der Waals surface area contributed by atoms with Crippen LogP contribution in [0.5, 0.6) is 0 Å². The minimum Gasteiger partial charge on any atom is -0.755 e. The van der Waals surface area contributed by atoms with E-state index in [0.717, 1.165) is 25.1 Å². The van der Waals surface area contributed by atoms with E-state index in [2.05, 4.69) is 4.90 Å². The van der Waals surface area contributed by atoms with Crippen molar-refractivity contribution in [1.29, 1.82) is 0 Å². The number of rotatable bonds is 8. The molecule has 8 nitrogen and oxygen atoms in total. The maximum absolute atomic E-state index is 12.7. The first-order valence-electron chi connectivity index (χ1n) is 8.93. The van der Waals surface area contributed by atoms with Crippen molar-refractivity contribution in [2.45, 2.75) is 25.8 Å². The molecule has 1 aliphatic heterocycles. The van der Waals surface area contributed by atoms with Gasteiger partial charge in [0.15, 0.2) is 0 Å². The molecular formula is C19H22N3O5-. The number of hydroxylamine groups is 2. The molecule has 27 heavy (non-hydrogen) atoms. The number of benzene rings is 1. The van der Waals surface area contributed by atoms with Crippen molar-refractivity contribution < 1.29 is 19.2 Å². The van der Waals surface area contributed by atoms with E-state index >= 15 is 0 Å². The van der Waals surface area contributed by atoms with E-state index in [-0.39, 0.29) is 29.4 Å². The number of hydrogen-bond acceptors (Lipinski definition) is 6. The molecule has 1 heterocycles. The molecule has 0 bridgehead atoms. The van der Waals surface area contributed by atoms with Crippen LogP contribution in [0.4, 0.5) is 5.69 Å². The van der Waals surface area contributed by atoms with Crippen LogP contribution >= 0.6 is 0 Å². The zero-order chi connectivity index (χ0) is 19.7. The molecule has 1 saturated carbocycles. The summed E-state index contributed by atoms with van der Waals surface area (Å²) in [4.78, 5) is 47.7. The van der Waals surface area contributed by atoms with Gasteiger partial charge in [-0.3, -0.25) is 9.59 Å². The highest BCUT2D eigenvalue weighted by molar-refractivity contribution is 5.99. The minimum absolute atomic E-state index is 0.0346. The van der Waals surface area contributed by atoms with Gasteiger partial charge < -0.3 is 30.5 Å². The highest BCUT2D eigenvalue weighted by atomic mass is 16.5. The van der Waals surface area contributed by atoms with Crippen LogP contribution in [0.1, 0.15) is 28.8 Å². The van der Waals surface area contributed by atoms with Crippen LogP contribution in [-0.4, -0.2) is 48.6 Å². The minimum atomic E-state index is -1.38. The van der Waals surface area contributed by atoms with Gasteiger partial charge in [-0.15, -0.1) is 0 Å². The molecule has 0 aromatic heterocycles. The Morgan fingerprint density at radius 3 is 2.56 bits per heavy atom. The van der Waals surface area contributed by atoms with Gasteiger partial charge in [-0.25, -0.2) is 0 Å². The first kappa shape index (κ1) is 19.0. The summed E-state index contributed by atoms with van der Waals surface area (Å²) in [7, 11) is 0. The normalized spacial score (nSPS) is 24.1. The molecule has 4 atom stereocenters. The topological polar surface area (TPSA) is 124 Å². The van der Waals surface area contributed by atoms with E-state index in [4.69, 9.17) is 5.73 Å². The molecule has 0 spiro atoms. The average molecular weight is 372 g/mol. The maximum Gasteiger partial charge on any atom is 0.244 e. The van der Waals surface area contributed by atoms with Crippen LogP contribution in [0.2, 0.25) is 0 Å². The highest BCUT2D eigenvalue weighted by Crippen LogP contribution is 2.51. The smallest absolute Gasteiger partial charge is 0.244 e. The van der Waals surface area contributed by atoms with Crippen LogP contribution < -0.4 is 10.6 Å². The number of nitrogens with zero attached hydrogens (tertiary/aromatic N) is 2. The Morgan fingerprint density at radius 1 is 1.33 bits per heavy atom. The maximum atomic E-state index is 12.7. The molecule has 2 aliphatic rings. The zero-order valence-electron chi connectivity index (χ0n) is 15.0. The number of piperidine rings is 1. The Labute approximate surface area is 156 Å². The molecule has 2 fully saturated rings. The van der Waals surface area contributed by atoms with E-state index in [1.54, 1.807) is 19.1 Å². The van der Waals surface area contributed by atoms with Crippen LogP contribution in [0.3, 0.4) is 0 Å². The van der Waals surface area contributed by atoms with Crippen molar-refractivity contribution >= 4 is 30.1 Å². The molecule has 8 heteroatoms. The highest BCUT2D eigenvalue weighted by Gasteiger charge is 2.55. The molecule has 1 aromatic rings. The van der Waals surface area contributed by atoms with E-state index in [0.29, 0.717) is 23.7 Å². The Kier molecular flexibility index (Phi) is 5.27. The number of aryl methyl sites for hydroxylation is 1. The molecular weight excluding hydrogens is 350 g/mol. The van der Waals surface area contributed by atoms with Gasteiger partial charge in [-0.1, -0.05) is 6.07 Å². The van der Waals surface area contributed by atoms with Crippen LogP contribution in [0, 0.1) is 29.9 Å². The van der Waals surface area contributed by atoms with Gasteiger partial charge in [0.25, 0.3) is 0 Å². The lowest BCUT2D eigenvalue weighted by Crippen LogP contribution is -2.45. The Balaban J connectivity index is 1.77. The third kappa shape index (κ3) is 3.57. The van der Waals surface area contributed by atoms with Gasteiger partial charge in [-0.2, -0.15) is 0 Å². The fourth-order valence-corrected chi connectivity index (χ4v) is 3.88. The zero-order valence-corrected chi connectivity index (χ0v) is 15.0. The number of carbonyl (C=O) groups is 4. The second-order valence-electron chi connectivity index (χ2n) is 7.24. The summed E-state index contributed by atoms with van der Waals surface area (Å²) in [6.07, 6.45) is 1.45. The second kappa shape index (κ2) is 7.48. The van der Waals surface area contributed by atoms with Gasteiger partial charge in [0, 0.05) is 36.7 Å². The Hall–Kier alpha value is -2.74. The largest absolute Gasteiger partial charge is 0.755 e. The monoisotopic (exact) mass is 372 g/mol. The van der Waals surface area contributed by atoms with E-state index < -0.39 is 17.9 Å². The van der Waals surface area contributed by atoms with Gasteiger partial charge >= 0.3 is 0 Å². The molecule has 144 valence electrons. The molecule has 2 unspecified atom stereocenters. The van der Waals surface area contributed by atoms with Gasteiger partial charge in [0.2, 0.25) is 11.8 Å². The molecule has 3 rings (SSSR count). The number of aldehydes is 2. The van der Waals surface area contributed by atoms with Crippen molar-refractivity contribution in [2.24, 2.45) is 23.5 Å². The SMILES string of the molecule is Cc1ccc(N2C[C@@H]3C(C=O)[C@@H]3C2)cc1C(=O)N([O-])C(CCC=O)C(N)=O. The van der Waals surface area contributed by atoms with Crippen molar-refractivity contribution in [1.82, 2.24) is 5.06 Å². The lowest BCUT2D eigenvalue weighted by molar-refractivity contribution is -0.122. The van der Waals surface area contributed by atoms with Crippen LogP contribution in [0.25, 0.3) is 0 Å². The van der Waals surface area contributed by atoms with Crippen LogP contribution in [-0.2, 0) is 14.4 Å². The summed E-state index contributed by atoms with van der Waals surface area (Å²) in [6, 6.07) is 3.89. The van der Waals surface area contributed by atoms with Crippen molar-refractivity contribution in [3.05, 3.63) is 34.5 Å². The summed E-state index contributed by atoms with van der Waals surface area (Å²) in [5.74, 6) is -0.921. The summed E-state index contributed by atoms with van der Waals surface area (Å²) < 4.78 is 0. The van der Waals surface area contributed by atoms with E-state index in [1.807, 2.05) is 6.07 Å². The first-order valence-corrected chi connectivity index (χ1v) is 8.93. The van der Waals surface area contributed by atoms with Gasteiger partial charge in [0.05, 0.1) is 0 Å². The lowest BCUT2D eigenvalue weighted by atomic mass is 10.0. The summed E-state index contributed by atoms with van der Waals surface area (Å²) in [5, 5.41) is 12.5. The fraction of sp³-hybridized carbons (Fsp3) is 0.474. The van der Waals surface area contributed by atoms with Crippen molar-refractivity contribution in [2.75, 3.05) is 18.0 Å². The quantitative estimate of drug-likeness (QED) is 0.528. The first-order chi connectivity index (χ1) is 12.9. The summed E-state index contributed by atoms with van der Waals surface area (Å²) in [6.45, 7) is 3.20. The third-order valence-electron chi connectivity index (χ3n) is 5.60. The Morgan fingerprint density at radius 2 is 2.00 bits per heavy atom. The average Bonchev–Trinajstić information content (AvgIpc) is 3.12. The van der Waals surface area contributed by atoms with E-state index in [1.165, 1.54) is 0 Å². The van der Waals surface area contributed by atoms with Crippen molar-refractivity contribution in [3.63, 3.8) is 0 Å². The number of fused-ring (bicyclic) bond motifs is 1. The Bertz CT molecular complexity index is 769. The molecule has 0 radical (unpaired) electrons. The molecule has 1 aromatic carbocycles. The van der Waals surface area contributed by atoms with E-state index in [9.17, 15) is 24.4 Å². The molecule has 1 saturated heterocycles. The molecule has 2 N–H and O–H groups in total. The standard InChI is InChI=1S/C19H22N3O5/c1-11-4-5-12(21-8-14-15(9-21)16(14)10-24)7-13(11)19(26)22(27)17(18(20)25)3-2-6-23/h4-7,10,14-17H,2-3,8-9H2,1H3,(H2,20,25)/q-1/t14-,15+,16?,17?. The lowest BCUT2D eigenvalue weighted by Gasteiger charge is -2.35.